The van der Waals surface area contributed by atoms with Crippen molar-refractivity contribution in [2.24, 2.45) is 0 Å². The van der Waals surface area contributed by atoms with Crippen LogP contribution in [0.1, 0.15) is 54.7 Å². The molecule has 1 unspecified atom stereocenters. The predicted molar refractivity (Wildman–Crippen MR) is 74.3 cm³/mol. The number of rotatable bonds is 7. The van der Waals surface area contributed by atoms with Crippen molar-refractivity contribution in [3.05, 3.63) is 35.4 Å². The minimum atomic E-state index is 0.0927. The molecular weight excluding hydrogens is 204 g/mol. The maximum Gasteiger partial charge on any atom is 0.375 e. The second-order valence-corrected chi connectivity index (χ2v) is 7.16. The van der Waals surface area contributed by atoms with Gasteiger partial charge in [-0.05, 0) is 6.92 Å². The number of hydrogen-bond donors (Lipinski definition) is 0. The first-order valence-corrected chi connectivity index (χ1v) is 8.66. The van der Waals surface area contributed by atoms with Gasteiger partial charge in [0, 0.05) is 0 Å². The van der Waals surface area contributed by atoms with Gasteiger partial charge in [-0.2, -0.15) is 0 Å². The largest absolute Gasteiger partial charge is 0.375 e. The molecule has 86 valence electrons. The monoisotopic (exact) mass is 228 g/mol. The Morgan fingerprint density at radius 1 is 1.06 bits per heavy atom. The lowest BCUT2D eigenvalue weighted by Gasteiger charge is -2.16. The van der Waals surface area contributed by atoms with Crippen LogP contribution in [0.3, 0.4) is 0 Å². The lowest BCUT2D eigenvalue weighted by molar-refractivity contribution is 0.753. The van der Waals surface area contributed by atoms with Gasteiger partial charge in [-0.25, -0.2) is 0 Å². The molecule has 0 aliphatic carbocycles. The molecule has 16 heavy (non-hydrogen) atoms. The second-order valence-electron chi connectivity index (χ2n) is 4.89. The first-order chi connectivity index (χ1) is 7.77. The van der Waals surface area contributed by atoms with Gasteiger partial charge < -0.3 is 0 Å². The van der Waals surface area contributed by atoms with Gasteiger partial charge in [0.05, 0.1) is 0 Å². The molecule has 0 fully saturated rings. The van der Waals surface area contributed by atoms with Crippen LogP contribution >= 0.6 is 0 Å². The van der Waals surface area contributed by atoms with Gasteiger partial charge in [0.1, 0.15) is 0 Å². The smallest absolute Gasteiger partial charge is 0.145 e. The summed E-state index contributed by atoms with van der Waals surface area (Å²) in [5.41, 5.74) is 2.99. The fraction of sp³-hybridized carbons (Fsp3) is 0.600. The summed E-state index contributed by atoms with van der Waals surface area (Å²) in [6, 6.07) is 9.25. The molecular formula is C15H24Mg. The van der Waals surface area contributed by atoms with Gasteiger partial charge in [-0.1, -0.05) is 74.9 Å². The molecule has 1 aromatic carbocycles. The van der Waals surface area contributed by atoms with E-state index in [1.165, 1.54) is 35.8 Å². The average molecular weight is 229 g/mol. The van der Waals surface area contributed by atoms with Crippen LogP contribution < -0.4 is 0 Å². The van der Waals surface area contributed by atoms with Crippen molar-refractivity contribution in [1.29, 1.82) is 0 Å². The first-order valence-electron chi connectivity index (χ1n) is 6.84. The van der Waals surface area contributed by atoms with Gasteiger partial charge in [0.15, 0.2) is 0 Å². The molecule has 0 radical (unpaired) electrons. The fourth-order valence-corrected chi connectivity index (χ4v) is 4.89. The highest BCUT2D eigenvalue weighted by Crippen LogP contribution is 2.22. The van der Waals surface area contributed by atoms with Gasteiger partial charge in [0.2, 0.25) is 0 Å². The zero-order chi connectivity index (χ0) is 11.8. The molecule has 0 bridgehead atoms. The van der Waals surface area contributed by atoms with Crippen LogP contribution in [0.2, 0.25) is 4.55 Å². The summed E-state index contributed by atoms with van der Waals surface area (Å²) in [6.07, 6.45) is 5.54. The summed E-state index contributed by atoms with van der Waals surface area (Å²) in [5.74, 6) is 0. The molecule has 0 aliphatic heterocycles. The summed E-state index contributed by atoms with van der Waals surface area (Å²) in [7, 11) is 0. The topological polar surface area (TPSA) is 0 Å². The summed E-state index contributed by atoms with van der Waals surface area (Å²) in [6.45, 7) is 6.79. The average Bonchev–Trinajstić information content (AvgIpc) is 2.29. The van der Waals surface area contributed by atoms with E-state index in [1.807, 2.05) is 0 Å². The van der Waals surface area contributed by atoms with Gasteiger partial charge in [0.25, 0.3) is 0 Å². The van der Waals surface area contributed by atoms with Crippen LogP contribution in [-0.2, 0) is 0 Å². The molecule has 0 nitrogen and oxygen atoms in total. The van der Waals surface area contributed by atoms with E-state index < -0.39 is 0 Å². The molecule has 0 heterocycles. The van der Waals surface area contributed by atoms with Crippen molar-refractivity contribution in [1.82, 2.24) is 0 Å². The van der Waals surface area contributed by atoms with Crippen molar-refractivity contribution >= 4 is 20.4 Å². The third-order valence-corrected chi connectivity index (χ3v) is 5.83. The van der Waals surface area contributed by atoms with E-state index in [4.69, 9.17) is 0 Å². The normalized spacial score (nSPS) is 12.2. The fourth-order valence-electron chi connectivity index (χ4n) is 2.31. The van der Waals surface area contributed by atoms with Gasteiger partial charge in [-0.3, -0.25) is 0 Å². The molecule has 1 atom stereocenters. The quantitative estimate of drug-likeness (QED) is 0.466. The molecule has 0 spiro atoms. The molecule has 0 saturated carbocycles. The Morgan fingerprint density at radius 3 is 2.31 bits per heavy atom. The molecule has 1 rings (SSSR count). The number of unbranched alkanes of at least 4 members (excludes halogenated alkanes) is 1. The van der Waals surface area contributed by atoms with Crippen molar-refractivity contribution < 1.29 is 0 Å². The van der Waals surface area contributed by atoms with Crippen molar-refractivity contribution in [3.8, 4) is 0 Å². The van der Waals surface area contributed by atoms with Crippen LogP contribution in [0.4, 0.5) is 0 Å². The van der Waals surface area contributed by atoms with Crippen LogP contribution in [0, 0.1) is 6.92 Å². The minimum absolute atomic E-state index is 0.0927. The summed E-state index contributed by atoms with van der Waals surface area (Å²) >= 11 is 0.0927. The van der Waals surface area contributed by atoms with E-state index in [0.717, 1.165) is 4.05 Å². The predicted octanol–water partition coefficient (Wildman–Crippen LogP) is 4.76. The minimum Gasteiger partial charge on any atom is -0.145 e. The number of aryl methyl sites for hydroxylation is 1. The maximum absolute atomic E-state index is 2.36. The van der Waals surface area contributed by atoms with E-state index in [-0.39, 0.29) is 20.4 Å². The lowest BCUT2D eigenvalue weighted by Crippen LogP contribution is -2.07. The summed E-state index contributed by atoms with van der Waals surface area (Å²) in [5, 5.41) is 0. The zero-order valence-electron chi connectivity index (χ0n) is 11.1. The van der Waals surface area contributed by atoms with Crippen LogP contribution in [0.5, 0.6) is 0 Å². The summed E-state index contributed by atoms with van der Waals surface area (Å²) in [4.78, 5) is 0. The van der Waals surface area contributed by atoms with Crippen LogP contribution in [0.25, 0.3) is 0 Å². The summed E-state index contributed by atoms with van der Waals surface area (Å²) < 4.78 is 2.45. The Labute approximate surface area is 111 Å². The second kappa shape index (κ2) is 8.13. The van der Waals surface area contributed by atoms with Gasteiger partial charge >= 0.3 is 20.4 Å². The van der Waals surface area contributed by atoms with E-state index in [2.05, 4.69) is 45.0 Å². The van der Waals surface area contributed by atoms with E-state index in [9.17, 15) is 0 Å². The van der Waals surface area contributed by atoms with E-state index >= 15 is 0 Å². The molecule has 0 aliphatic rings. The van der Waals surface area contributed by atoms with Crippen molar-refractivity contribution in [2.45, 2.75) is 55.1 Å². The molecule has 0 amide bonds. The SMILES string of the molecule is CCC[CH2][Mg][CH](CCC)c1ccc(C)cc1. The van der Waals surface area contributed by atoms with Gasteiger partial charge in [-0.15, -0.1) is 8.60 Å². The molecule has 0 aromatic heterocycles. The third kappa shape index (κ3) is 4.88. The Kier molecular flexibility index (Phi) is 7.14. The standard InChI is InChI=1S/C11H15.C4H9.Mg/c1-3-4-5-11-8-6-10(2)7-9-11;1-3-4-2;/h5-9H,3-4H2,1-2H3;1,3-4H2,2H3;. The van der Waals surface area contributed by atoms with Crippen molar-refractivity contribution in [2.75, 3.05) is 0 Å². The third-order valence-electron chi connectivity index (χ3n) is 3.34. The highest BCUT2D eigenvalue weighted by molar-refractivity contribution is 6.37. The Bertz CT molecular complexity index is 276. The number of hydrogen-bond acceptors (Lipinski definition) is 0. The molecule has 1 heteroatoms. The van der Waals surface area contributed by atoms with E-state index in [0.29, 0.717) is 0 Å². The number of benzene rings is 1. The highest BCUT2D eigenvalue weighted by atomic mass is 24.5. The zero-order valence-corrected chi connectivity index (χ0v) is 12.5. The molecule has 0 N–H and O–H groups in total. The lowest BCUT2D eigenvalue weighted by atomic mass is 10.1. The van der Waals surface area contributed by atoms with Crippen LogP contribution in [-0.4, -0.2) is 20.4 Å². The molecule has 1 aromatic rings. The highest BCUT2D eigenvalue weighted by Gasteiger charge is 2.12. The molecule has 0 saturated heterocycles. The maximum atomic E-state index is 2.36. The van der Waals surface area contributed by atoms with E-state index in [1.54, 1.807) is 5.56 Å². The van der Waals surface area contributed by atoms with Crippen molar-refractivity contribution in [3.63, 3.8) is 0 Å². The first kappa shape index (κ1) is 14.0. The Hall–Kier alpha value is -0.0138. The van der Waals surface area contributed by atoms with Crippen LogP contribution in [0.15, 0.2) is 24.3 Å². The Morgan fingerprint density at radius 2 is 1.75 bits per heavy atom. The Balaban J connectivity index is 2.57.